The molecule has 0 aromatic heterocycles. The lowest BCUT2D eigenvalue weighted by atomic mass is 9.91. The summed E-state index contributed by atoms with van der Waals surface area (Å²) in [5.74, 6) is -3.59. The largest absolute Gasteiger partial charge is 0.326 e. The van der Waals surface area contributed by atoms with Crippen molar-refractivity contribution in [3.8, 4) is 44.5 Å². The van der Waals surface area contributed by atoms with Gasteiger partial charge in [-0.1, -0.05) is 97.1 Å². The summed E-state index contributed by atoms with van der Waals surface area (Å²) in [5, 5.41) is 0. The zero-order valence-corrected chi connectivity index (χ0v) is 32.5. The molecule has 52 heavy (non-hydrogen) atoms. The van der Waals surface area contributed by atoms with Crippen molar-refractivity contribution in [2.45, 2.75) is 22.5 Å². The Morgan fingerprint density at radius 3 is 1.08 bits per heavy atom. The Balaban J connectivity index is 0.000000255. The first-order valence-electron chi connectivity index (χ1n) is 15.5. The minimum Gasteiger partial charge on any atom is -0.203 e. The number of fused-ring (bicyclic) bond motifs is 6. The summed E-state index contributed by atoms with van der Waals surface area (Å²) in [4.78, 5) is -6.37. The highest BCUT2D eigenvalue weighted by Gasteiger charge is 2.33. The van der Waals surface area contributed by atoms with E-state index in [9.17, 15) is 17.6 Å². The Labute approximate surface area is 326 Å². The lowest BCUT2D eigenvalue weighted by molar-refractivity contribution is 0.110. The number of rotatable bonds is 4. The maximum absolute atomic E-state index is 15.1. The van der Waals surface area contributed by atoms with E-state index in [2.05, 4.69) is 63.7 Å². The van der Waals surface area contributed by atoms with Crippen LogP contribution in [0.25, 0.3) is 44.5 Å². The molecular formula is C40H20Br4F8. The van der Waals surface area contributed by atoms with Gasteiger partial charge in [-0.05, 0) is 121 Å². The Kier molecular flexibility index (Phi) is 9.84. The minimum atomic E-state index is -3.19. The zero-order valence-electron chi connectivity index (χ0n) is 26.2. The van der Waals surface area contributed by atoms with Gasteiger partial charge in [0.1, 0.15) is 0 Å². The van der Waals surface area contributed by atoms with Crippen LogP contribution in [0.4, 0.5) is 35.1 Å². The van der Waals surface area contributed by atoms with Crippen LogP contribution in [0.1, 0.15) is 33.4 Å². The molecule has 12 heteroatoms. The highest BCUT2D eigenvalue weighted by molar-refractivity contribution is 9.11. The van der Waals surface area contributed by atoms with Gasteiger partial charge in [0.25, 0.3) is 0 Å². The Morgan fingerprint density at radius 1 is 0.423 bits per heavy atom. The van der Waals surface area contributed by atoms with Crippen LogP contribution in [0.15, 0.2) is 106 Å². The molecule has 264 valence electrons. The molecule has 6 aromatic carbocycles. The van der Waals surface area contributed by atoms with Crippen molar-refractivity contribution in [2.75, 3.05) is 0 Å². The molecule has 0 fully saturated rings. The quantitative estimate of drug-likeness (QED) is 0.0937. The van der Waals surface area contributed by atoms with Crippen LogP contribution in [-0.4, -0.2) is 0 Å². The number of alkyl halides is 6. The van der Waals surface area contributed by atoms with Gasteiger partial charge in [-0.3, -0.25) is 0 Å². The van der Waals surface area contributed by atoms with Crippen molar-refractivity contribution in [3.05, 3.63) is 163 Å². The molecule has 0 amide bonds. The van der Waals surface area contributed by atoms with E-state index in [1.165, 1.54) is 0 Å². The molecule has 0 heterocycles. The summed E-state index contributed by atoms with van der Waals surface area (Å²) in [6.07, 6.45) is 0.970. The number of hydrogen-bond donors (Lipinski definition) is 0. The fraction of sp³-hybridized carbons (Fsp3) is 0.100. The van der Waals surface area contributed by atoms with Gasteiger partial charge in [0.05, 0.1) is 8.95 Å². The summed E-state index contributed by atoms with van der Waals surface area (Å²) in [5.41, 5.74) is 7.14. The number of benzene rings is 6. The predicted molar refractivity (Wildman–Crippen MR) is 201 cm³/mol. The molecular weight excluding hydrogens is 952 g/mol. The first-order valence-corrected chi connectivity index (χ1v) is 18.7. The maximum atomic E-state index is 15.1. The lowest BCUT2D eigenvalue weighted by Gasteiger charge is -2.17. The van der Waals surface area contributed by atoms with Gasteiger partial charge in [-0.2, -0.15) is 17.6 Å². The van der Waals surface area contributed by atoms with Gasteiger partial charge in [-0.25, -0.2) is 17.6 Å². The Morgan fingerprint density at radius 2 is 0.750 bits per heavy atom. The maximum Gasteiger partial charge on any atom is 0.326 e. The fourth-order valence-electron chi connectivity index (χ4n) is 6.80. The molecule has 0 atom stereocenters. The number of halogens is 12. The van der Waals surface area contributed by atoms with E-state index in [0.29, 0.717) is 57.3 Å². The van der Waals surface area contributed by atoms with E-state index in [-0.39, 0.29) is 20.1 Å². The van der Waals surface area contributed by atoms with Gasteiger partial charge in [0, 0.05) is 33.4 Å². The van der Waals surface area contributed by atoms with Crippen molar-refractivity contribution in [3.63, 3.8) is 0 Å². The van der Waals surface area contributed by atoms with Gasteiger partial charge < -0.3 is 0 Å². The van der Waals surface area contributed by atoms with E-state index in [1.807, 2.05) is 72.8 Å². The van der Waals surface area contributed by atoms with E-state index in [1.54, 1.807) is 0 Å². The van der Waals surface area contributed by atoms with Gasteiger partial charge in [-0.15, -0.1) is 0 Å². The highest BCUT2D eigenvalue weighted by atomic mass is 79.9. The standard InChI is InChI=1S/C32H16Br2F4.C8H4Br2F4/c33-27-23(21-13-17-5-1-3-7-19(17)25(21)29(35)31(27)37)15-9-11-16(12-10-15)24-22-14-18-6-2-4-8-20(18)26(22)30(36)32(38)28(24)34;9-7(11,12)5-1-2-6(4-3-5)8(10,13)14/h1-12H,13-14H2;1-4H. The van der Waals surface area contributed by atoms with Gasteiger partial charge in [0.2, 0.25) is 0 Å². The molecule has 0 unspecified atom stereocenters. The number of hydrogen-bond acceptors (Lipinski definition) is 0. The molecule has 2 aliphatic carbocycles. The smallest absolute Gasteiger partial charge is 0.203 e. The van der Waals surface area contributed by atoms with Crippen LogP contribution in [0.2, 0.25) is 0 Å². The molecule has 0 bridgehead atoms. The third kappa shape index (κ3) is 6.47. The first-order chi connectivity index (χ1) is 24.6. The second-order valence-corrected chi connectivity index (χ2v) is 15.7. The molecule has 0 aliphatic heterocycles. The molecule has 0 nitrogen and oxygen atoms in total. The van der Waals surface area contributed by atoms with E-state index in [4.69, 9.17) is 0 Å². The SMILES string of the molecule is FC(F)(Br)c1ccc(C(F)(F)Br)cc1.Fc1c(F)c2c(c(-c3ccc(-c4c(Br)c(F)c(F)c5c4Cc4ccccc4-5)cc3)c1Br)Cc1ccccc1-2. The normalized spacial score (nSPS) is 12.8. The van der Waals surface area contributed by atoms with Crippen LogP contribution in [-0.2, 0) is 22.5 Å². The predicted octanol–water partition coefficient (Wildman–Crippen LogP) is 14.8. The Hall–Kier alpha value is -3.32. The van der Waals surface area contributed by atoms with Gasteiger partial charge in [0.15, 0.2) is 23.3 Å². The monoisotopic (exact) mass is 968 g/mol. The van der Waals surface area contributed by atoms with Crippen molar-refractivity contribution in [1.82, 2.24) is 0 Å². The van der Waals surface area contributed by atoms with Crippen molar-refractivity contribution in [1.29, 1.82) is 0 Å². The van der Waals surface area contributed by atoms with Crippen LogP contribution < -0.4 is 0 Å². The third-order valence-electron chi connectivity index (χ3n) is 9.17. The minimum absolute atomic E-state index is 0.0691. The summed E-state index contributed by atoms with van der Waals surface area (Å²) < 4.78 is 111. The van der Waals surface area contributed by atoms with E-state index in [0.717, 1.165) is 46.5 Å². The summed E-state index contributed by atoms with van der Waals surface area (Å²) >= 11 is 10.9. The first kappa shape index (κ1) is 37.0. The zero-order chi connectivity index (χ0) is 37.3. The van der Waals surface area contributed by atoms with Crippen LogP contribution in [0.3, 0.4) is 0 Å². The molecule has 6 aromatic rings. The fourth-order valence-corrected chi connectivity index (χ4v) is 8.61. The molecule has 8 rings (SSSR count). The second-order valence-electron chi connectivity index (χ2n) is 12.2. The van der Waals surface area contributed by atoms with Crippen molar-refractivity contribution in [2.24, 2.45) is 0 Å². The Bertz CT molecular complexity index is 2210. The van der Waals surface area contributed by atoms with Gasteiger partial charge >= 0.3 is 9.66 Å². The van der Waals surface area contributed by atoms with Crippen molar-refractivity contribution < 1.29 is 35.1 Å². The second kappa shape index (κ2) is 13.8. The molecule has 0 saturated heterocycles. The molecule has 0 radical (unpaired) electrons. The molecule has 0 N–H and O–H groups in total. The summed E-state index contributed by atoms with van der Waals surface area (Å²) in [6.45, 7) is 0. The van der Waals surface area contributed by atoms with Crippen LogP contribution in [0, 0.1) is 23.3 Å². The third-order valence-corrected chi connectivity index (χ3v) is 11.6. The summed E-state index contributed by atoms with van der Waals surface area (Å²) in [6, 6.07) is 25.9. The molecule has 0 spiro atoms. The van der Waals surface area contributed by atoms with Crippen LogP contribution in [0.5, 0.6) is 0 Å². The highest BCUT2D eigenvalue weighted by Crippen LogP contribution is 2.50. The molecule has 2 aliphatic rings. The van der Waals surface area contributed by atoms with E-state index < -0.39 is 32.9 Å². The lowest BCUT2D eigenvalue weighted by Crippen LogP contribution is -2.05. The summed E-state index contributed by atoms with van der Waals surface area (Å²) in [7, 11) is 0. The van der Waals surface area contributed by atoms with Crippen LogP contribution >= 0.6 is 63.7 Å². The topological polar surface area (TPSA) is 0 Å². The van der Waals surface area contributed by atoms with E-state index >= 15 is 17.6 Å². The average Bonchev–Trinajstić information content (AvgIpc) is 3.69. The van der Waals surface area contributed by atoms with Crippen molar-refractivity contribution >= 4 is 63.7 Å². The average molecular weight is 972 g/mol. The molecule has 0 saturated carbocycles.